The number of rotatable bonds is 3. The maximum atomic E-state index is 6.29. The summed E-state index contributed by atoms with van der Waals surface area (Å²) >= 11 is 3.57. The summed E-state index contributed by atoms with van der Waals surface area (Å²) in [7, 11) is 0. The Balaban J connectivity index is 1.85. The normalized spacial score (nSPS) is 13.0. The maximum Gasteiger partial charge on any atom is 0.0454 e. The summed E-state index contributed by atoms with van der Waals surface area (Å²) in [5.74, 6) is 0. The summed E-state index contributed by atoms with van der Waals surface area (Å²) < 4.78 is 2.67. The van der Waals surface area contributed by atoms with Crippen molar-refractivity contribution >= 4 is 32.1 Å². The van der Waals surface area contributed by atoms with E-state index in [9.17, 15) is 0 Å². The van der Waals surface area contributed by atoms with Crippen LogP contribution in [-0.2, 0) is 6.42 Å². The quantitative estimate of drug-likeness (QED) is 0.786. The summed E-state index contributed by atoms with van der Waals surface area (Å²) in [5, 5.41) is 2.12. The Bertz CT molecular complexity index is 641. The molecule has 18 heavy (non-hydrogen) atoms. The van der Waals surface area contributed by atoms with Gasteiger partial charge in [-0.1, -0.05) is 6.07 Å². The molecule has 0 aliphatic heterocycles. The van der Waals surface area contributed by atoms with Gasteiger partial charge in [-0.2, -0.15) is 0 Å². The molecule has 0 radical (unpaired) electrons. The zero-order chi connectivity index (χ0) is 12.5. The second-order valence-electron chi connectivity index (χ2n) is 4.38. The molecule has 2 nitrogen and oxygen atoms in total. The Kier molecular flexibility index (Phi) is 3.16. The summed E-state index contributed by atoms with van der Waals surface area (Å²) in [6.45, 7) is 2.09. The van der Waals surface area contributed by atoms with E-state index in [0.717, 1.165) is 12.1 Å². The van der Waals surface area contributed by atoms with E-state index in [2.05, 4.69) is 35.5 Å². The molecular formula is C14H14N2S2. The average Bonchev–Trinajstić information content (AvgIpc) is 2.92. The minimum Gasteiger partial charge on any atom is -0.323 e. The van der Waals surface area contributed by atoms with Gasteiger partial charge < -0.3 is 5.73 Å². The van der Waals surface area contributed by atoms with Crippen LogP contribution in [0.1, 0.15) is 22.2 Å². The first-order valence-electron chi connectivity index (χ1n) is 5.87. The van der Waals surface area contributed by atoms with Gasteiger partial charge in [0.05, 0.1) is 0 Å². The first-order chi connectivity index (χ1) is 8.74. The Hall–Kier alpha value is -1.23. The van der Waals surface area contributed by atoms with Crippen molar-refractivity contribution in [2.75, 3.05) is 0 Å². The largest absolute Gasteiger partial charge is 0.323 e. The number of aromatic nitrogens is 1. The molecule has 3 aromatic rings. The van der Waals surface area contributed by atoms with Gasteiger partial charge in [-0.05, 0) is 36.1 Å². The number of fused-ring (bicyclic) bond motifs is 1. The summed E-state index contributed by atoms with van der Waals surface area (Å²) in [5.41, 5.74) is 8.61. The summed E-state index contributed by atoms with van der Waals surface area (Å²) in [6, 6.07) is 8.47. The lowest BCUT2D eigenvalue weighted by Gasteiger charge is -2.10. The van der Waals surface area contributed by atoms with Crippen LogP contribution in [-0.4, -0.2) is 4.98 Å². The SMILES string of the molecule is Cc1cccnc1CC(N)c1cc2sccc2s1. The second kappa shape index (κ2) is 4.80. The van der Waals surface area contributed by atoms with Crippen molar-refractivity contribution in [2.45, 2.75) is 19.4 Å². The van der Waals surface area contributed by atoms with E-state index in [4.69, 9.17) is 5.73 Å². The van der Waals surface area contributed by atoms with Gasteiger partial charge in [0.15, 0.2) is 0 Å². The molecule has 3 heterocycles. The molecule has 0 bridgehead atoms. The van der Waals surface area contributed by atoms with Gasteiger partial charge in [0, 0.05) is 38.6 Å². The van der Waals surface area contributed by atoms with Crippen LogP contribution in [0, 0.1) is 6.92 Å². The van der Waals surface area contributed by atoms with E-state index in [-0.39, 0.29) is 6.04 Å². The number of hydrogen-bond donors (Lipinski definition) is 1. The number of pyridine rings is 1. The van der Waals surface area contributed by atoms with Gasteiger partial charge in [0.1, 0.15) is 0 Å². The highest BCUT2D eigenvalue weighted by Crippen LogP contribution is 2.33. The number of hydrogen-bond acceptors (Lipinski definition) is 4. The zero-order valence-electron chi connectivity index (χ0n) is 10.1. The number of nitrogens with zero attached hydrogens (tertiary/aromatic N) is 1. The van der Waals surface area contributed by atoms with Crippen LogP contribution in [0.25, 0.3) is 9.40 Å². The van der Waals surface area contributed by atoms with Gasteiger partial charge in [-0.15, -0.1) is 22.7 Å². The molecule has 4 heteroatoms. The molecule has 0 fully saturated rings. The molecular weight excluding hydrogens is 260 g/mol. The fourth-order valence-electron chi connectivity index (χ4n) is 2.01. The third-order valence-corrected chi connectivity index (χ3v) is 5.28. The van der Waals surface area contributed by atoms with Crippen LogP contribution >= 0.6 is 22.7 Å². The molecule has 1 unspecified atom stereocenters. The molecule has 0 aliphatic rings. The lowest BCUT2D eigenvalue weighted by molar-refractivity contribution is 0.716. The first-order valence-corrected chi connectivity index (χ1v) is 7.56. The summed E-state index contributed by atoms with van der Waals surface area (Å²) in [4.78, 5) is 5.66. The van der Waals surface area contributed by atoms with Gasteiger partial charge in [-0.3, -0.25) is 4.98 Å². The van der Waals surface area contributed by atoms with Crippen molar-refractivity contribution in [1.29, 1.82) is 0 Å². The van der Waals surface area contributed by atoms with Crippen LogP contribution in [0.15, 0.2) is 35.8 Å². The number of aryl methyl sites for hydroxylation is 1. The van der Waals surface area contributed by atoms with Crippen molar-refractivity contribution < 1.29 is 0 Å². The molecule has 0 amide bonds. The van der Waals surface area contributed by atoms with Crippen LogP contribution in [0.3, 0.4) is 0 Å². The highest BCUT2D eigenvalue weighted by Gasteiger charge is 2.13. The van der Waals surface area contributed by atoms with Crippen LogP contribution in [0.4, 0.5) is 0 Å². The highest BCUT2D eigenvalue weighted by atomic mass is 32.1. The molecule has 0 saturated carbocycles. The minimum absolute atomic E-state index is 0.0446. The monoisotopic (exact) mass is 274 g/mol. The Labute approximate surface area is 114 Å². The molecule has 0 aliphatic carbocycles. The van der Waals surface area contributed by atoms with E-state index in [1.54, 1.807) is 22.7 Å². The number of thiophene rings is 2. The predicted molar refractivity (Wildman–Crippen MR) is 79.3 cm³/mol. The Morgan fingerprint density at radius 3 is 3.00 bits per heavy atom. The van der Waals surface area contributed by atoms with Gasteiger partial charge >= 0.3 is 0 Å². The predicted octanol–water partition coefficient (Wildman–Crippen LogP) is 3.91. The second-order valence-corrected chi connectivity index (χ2v) is 6.44. The number of nitrogens with two attached hydrogens (primary N) is 1. The van der Waals surface area contributed by atoms with Gasteiger partial charge in [-0.25, -0.2) is 0 Å². The van der Waals surface area contributed by atoms with Crippen LogP contribution < -0.4 is 5.73 Å². The fourth-order valence-corrected chi connectivity index (χ4v) is 4.13. The molecule has 0 aromatic carbocycles. The standard InChI is InChI=1S/C14H14N2S2/c1-9-3-2-5-16-11(9)7-10(15)13-8-14-12(18-13)4-6-17-14/h2-6,8,10H,7,15H2,1H3. The molecule has 3 rings (SSSR count). The van der Waals surface area contributed by atoms with E-state index in [1.807, 2.05) is 12.3 Å². The fraction of sp³-hybridized carbons (Fsp3) is 0.214. The van der Waals surface area contributed by atoms with Crippen molar-refractivity contribution in [2.24, 2.45) is 5.73 Å². The third-order valence-electron chi connectivity index (χ3n) is 3.06. The van der Waals surface area contributed by atoms with E-state index in [1.165, 1.54) is 19.8 Å². The lowest BCUT2D eigenvalue weighted by atomic mass is 10.1. The lowest BCUT2D eigenvalue weighted by Crippen LogP contribution is -2.13. The average molecular weight is 274 g/mol. The van der Waals surface area contributed by atoms with Gasteiger partial charge in [0.2, 0.25) is 0 Å². The van der Waals surface area contributed by atoms with Crippen LogP contribution in [0.2, 0.25) is 0 Å². The Morgan fingerprint density at radius 1 is 1.33 bits per heavy atom. The van der Waals surface area contributed by atoms with Crippen molar-refractivity contribution in [3.05, 3.63) is 52.0 Å². The molecule has 2 N–H and O–H groups in total. The molecule has 0 saturated heterocycles. The van der Waals surface area contributed by atoms with E-state index in [0.29, 0.717) is 0 Å². The smallest absolute Gasteiger partial charge is 0.0454 e. The van der Waals surface area contributed by atoms with Crippen molar-refractivity contribution in [3.8, 4) is 0 Å². The molecule has 0 spiro atoms. The van der Waals surface area contributed by atoms with Gasteiger partial charge in [0.25, 0.3) is 0 Å². The van der Waals surface area contributed by atoms with Crippen molar-refractivity contribution in [1.82, 2.24) is 4.98 Å². The van der Waals surface area contributed by atoms with Crippen molar-refractivity contribution in [3.63, 3.8) is 0 Å². The topological polar surface area (TPSA) is 38.9 Å². The molecule has 92 valence electrons. The first kappa shape index (κ1) is 11.8. The minimum atomic E-state index is 0.0446. The molecule has 1 atom stereocenters. The van der Waals surface area contributed by atoms with E-state index >= 15 is 0 Å². The Morgan fingerprint density at radius 2 is 2.22 bits per heavy atom. The maximum absolute atomic E-state index is 6.29. The zero-order valence-corrected chi connectivity index (χ0v) is 11.7. The highest BCUT2D eigenvalue weighted by molar-refractivity contribution is 7.26. The van der Waals surface area contributed by atoms with E-state index < -0.39 is 0 Å². The molecule has 3 aromatic heterocycles. The summed E-state index contributed by atoms with van der Waals surface area (Å²) in [6.07, 6.45) is 2.64. The third kappa shape index (κ3) is 2.19. The van der Waals surface area contributed by atoms with Crippen LogP contribution in [0.5, 0.6) is 0 Å².